The molecule has 18 heteroatoms. The molecule has 2 aromatic heterocycles. The molecule has 10 rings (SSSR count). The van der Waals surface area contributed by atoms with Gasteiger partial charge in [0.25, 0.3) is 0 Å². The van der Waals surface area contributed by atoms with E-state index >= 15 is 0 Å². The lowest BCUT2D eigenvalue weighted by atomic mass is 9.84. The van der Waals surface area contributed by atoms with Crippen molar-refractivity contribution in [3.8, 4) is 5.75 Å². The van der Waals surface area contributed by atoms with Crippen molar-refractivity contribution in [1.82, 2.24) is 29.6 Å². The van der Waals surface area contributed by atoms with Gasteiger partial charge in [0.15, 0.2) is 0 Å². The third-order valence-corrected chi connectivity index (χ3v) is 16.9. The maximum Gasteiger partial charge on any atom is 0.321 e. The molecule has 75 heavy (non-hydrogen) atoms. The first-order chi connectivity index (χ1) is 36.2. The summed E-state index contributed by atoms with van der Waals surface area (Å²) in [4.78, 5) is 64.6. The number of aliphatic carboxylic acids is 2. The van der Waals surface area contributed by atoms with Crippen LogP contribution in [0.1, 0.15) is 79.9 Å². The number of nitrogens with zero attached hydrogens (tertiary/aromatic N) is 4. The zero-order valence-corrected chi connectivity index (χ0v) is 44.1. The standard InChI is InChI=1S/C30H33Cl2N3O4.C27H30ClFN4O3/c1-39-22-4-6-27-23(17-22)24(18-33-27)20-8-14-35(15-9-20)29(30(37)38)21-10-12-34(13-11-21)28(36)7-3-19-2-5-25(31)26(32)16-19;28-22-15-19(5-6-23(22)29)31-27(36)33-13-9-18(10-14-33)25(26(34)35)32-11-7-17(8-12-32)21-16-30-24-4-2-1-3-20(21)24/h2-7,16-18,20-21,29,33H,8-15H2,1H3,(H,37,38);1-6,15-18,25,30H,7-14H2,(H,31,36)(H,34,35)/b7-3+;. The SMILES string of the molecule is COc1ccc2[nH]cc(C3CCN(C(C(=O)O)C4CCN(C(=O)/C=C/c5ccc(Cl)c(Cl)c5)CC4)CC3)c2c1.O=C(O)C(C1CCN(C(=O)Nc2ccc(F)c(Cl)c2)CC1)N1CCC(c2c[nH]c3ccccc23)CC1. The fourth-order valence-corrected chi connectivity index (χ4v) is 12.3. The Kier molecular flexibility index (Phi) is 17.4. The number of carbonyl (C=O) groups is 4. The van der Waals surface area contributed by atoms with E-state index in [1.165, 1.54) is 40.1 Å². The lowest BCUT2D eigenvalue weighted by molar-refractivity contribution is -0.148. The van der Waals surface area contributed by atoms with Crippen LogP contribution >= 0.6 is 34.8 Å². The van der Waals surface area contributed by atoms with Gasteiger partial charge in [0, 0.05) is 72.1 Å². The Balaban J connectivity index is 0.000000184. The summed E-state index contributed by atoms with van der Waals surface area (Å²) in [5, 5.41) is 26.3. The van der Waals surface area contributed by atoms with E-state index in [1.54, 1.807) is 47.3 Å². The maximum absolute atomic E-state index is 13.4. The number of benzene rings is 4. The average Bonchev–Trinajstić information content (AvgIpc) is 4.06. The van der Waals surface area contributed by atoms with E-state index in [0.717, 1.165) is 74.2 Å². The third kappa shape index (κ3) is 12.6. The number of halogens is 4. The van der Waals surface area contributed by atoms with Crippen LogP contribution in [0.3, 0.4) is 0 Å². The molecule has 4 aromatic carbocycles. The van der Waals surface area contributed by atoms with E-state index in [-0.39, 0.29) is 28.8 Å². The highest BCUT2D eigenvalue weighted by Crippen LogP contribution is 2.38. The molecule has 2 atom stereocenters. The summed E-state index contributed by atoms with van der Waals surface area (Å²) in [6.45, 7) is 5.01. The number of methoxy groups -OCH3 is 1. The van der Waals surface area contributed by atoms with Crippen LogP contribution in [0, 0.1) is 17.7 Å². The van der Waals surface area contributed by atoms with Crippen LogP contribution in [0.5, 0.6) is 5.75 Å². The number of H-pyrrole nitrogens is 2. The number of ether oxygens (including phenoxy) is 1. The number of rotatable bonds is 12. The highest BCUT2D eigenvalue weighted by atomic mass is 35.5. The zero-order valence-electron chi connectivity index (χ0n) is 41.8. The van der Waals surface area contributed by atoms with E-state index in [1.807, 2.05) is 18.2 Å². The lowest BCUT2D eigenvalue weighted by Crippen LogP contribution is -2.52. The van der Waals surface area contributed by atoms with E-state index in [9.17, 15) is 33.8 Å². The summed E-state index contributed by atoms with van der Waals surface area (Å²) in [5.41, 5.74) is 6.04. The number of hydrogen-bond donors (Lipinski definition) is 5. The number of urea groups is 1. The molecular formula is C57H63Cl3FN7O7. The number of piperidine rings is 4. The number of para-hydroxylation sites is 1. The molecule has 396 valence electrons. The molecule has 0 saturated carbocycles. The van der Waals surface area contributed by atoms with Crippen molar-refractivity contribution in [3.63, 3.8) is 0 Å². The summed E-state index contributed by atoms with van der Waals surface area (Å²) in [7, 11) is 1.67. The fraction of sp³-hybridized carbons (Fsp3) is 0.404. The molecule has 0 aliphatic carbocycles. The predicted molar refractivity (Wildman–Crippen MR) is 293 cm³/mol. The number of carboxylic acids is 2. The second-order valence-electron chi connectivity index (χ2n) is 20.2. The molecule has 6 heterocycles. The van der Waals surface area contributed by atoms with Gasteiger partial charge in [0.05, 0.1) is 22.2 Å². The molecular weight excluding hydrogens is 1020 g/mol. The number of aromatic amines is 2. The van der Waals surface area contributed by atoms with Gasteiger partial charge in [-0.1, -0.05) is 59.1 Å². The Hall–Kier alpha value is -6.10. The van der Waals surface area contributed by atoms with Gasteiger partial charge in [-0.25, -0.2) is 9.18 Å². The summed E-state index contributed by atoms with van der Waals surface area (Å²) in [5.74, 6) is -0.560. The maximum atomic E-state index is 13.4. The Morgan fingerprint density at radius 1 is 0.640 bits per heavy atom. The van der Waals surface area contributed by atoms with Crippen LogP contribution in [-0.4, -0.2) is 135 Å². The average molecular weight is 1080 g/mol. The number of nitrogens with one attached hydrogen (secondary N) is 3. The van der Waals surface area contributed by atoms with Crippen molar-refractivity contribution < 1.29 is 38.5 Å². The highest BCUT2D eigenvalue weighted by molar-refractivity contribution is 6.42. The second-order valence-corrected chi connectivity index (χ2v) is 21.4. The molecule has 4 aliphatic heterocycles. The van der Waals surface area contributed by atoms with Crippen molar-refractivity contribution in [2.45, 2.75) is 75.3 Å². The molecule has 0 radical (unpaired) electrons. The van der Waals surface area contributed by atoms with E-state index in [4.69, 9.17) is 39.5 Å². The van der Waals surface area contributed by atoms with Crippen molar-refractivity contribution in [2.75, 3.05) is 64.8 Å². The van der Waals surface area contributed by atoms with Gasteiger partial charge < -0.3 is 40.0 Å². The summed E-state index contributed by atoms with van der Waals surface area (Å²) < 4.78 is 18.8. The third-order valence-electron chi connectivity index (χ3n) is 15.9. The molecule has 4 fully saturated rings. The van der Waals surface area contributed by atoms with Gasteiger partial charge in [-0.2, -0.15) is 0 Å². The molecule has 0 spiro atoms. The number of fused-ring (bicyclic) bond motifs is 2. The van der Waals surface area contributed by atoms with Gasteiger partial charge in [-0.05, 0) is 179 Å². The lowest BCUT2D eigenvalue weighted by Gasteiger charge is -2.41. The minimum Gasteiger partial charge on any atom is -0.497 e. The Bertz CT molecular complexity index is 3020. The van der Waals surface area contributed by atoms with Crippen molar-refractivity contribution in [1.29, 1.82) is 0 Å². The second kappa shape index (κ2) is 24.3. The van der Waals surface area contributed by atoms with Crippen molar-refractivity contribution in [3.05, 3.63) is 135 Å². The van der Waals surface area contributed by atoms with Crippen LogP contribution in [0.25, 0.3) is 27.9 Å². The summed E-state index contributed by atoms with van der Waals surface area (Å²) in [6.07, 6.45) is 13.7. The smallest absolute Gasteiger partial charge is 0.321 e. The monoisotopic (exact) mass is 1080 g/mol. The van der Waals surface area contributed by atoms with Gasteiger partial charge in [0.2, 0.25) is 5.91 Å². The van der Waals surface area contributed by atoms with Crippen molar-refractivity contribution in [2.24, 2.45) is 11.8 Å². The number of carboxylic acid groups (broad SMARTS) is 2. The molecule has 14 nitrogen and oxygen atoms in total. The number of carbonyl (C=O) groups excluding carboxylic acids is 2. The van der Waals surface area contributed by atoms with Crippen LogP contribution in [0.15, 0.2) is 97.3 Å². The normalized spacial score (nSPS) is 18.7. The minimum absolute atomic E-state index is 0.0134. The van der Waals surface area contributed by atoms with Crippen LogP contribution in [0.2, 0.25) is 15.1 Å². The largest absolute Gasteiger partial charge is 0.497 e. The highest BCUT2D eigenvalue weighted by Gasteiger charge is 2.40. The number of aromatic nitrogens is 2. The number of anilines is 1. The first-order valence-electron chi connectivity index (χ1n) is 25.8. The van der Waals surface area contributed by atoms with Gasteiger partial charge in [-0.15, -0.1) is 0 Å². The fourth-order valence-electron chi connectivity index (χ4n) is 11.8. The van der Waals surface area contributed by atoms with Gasteiger partial charge >= 0.3 is 18.0 Å². The van der Waals surface area contributed by atoms with E-state index < -0.39 is 29.8 Å². The van der Waals surface area contributed by atoms with Gasteiger partial charge in [0.1, 0.15) is 23.7 Å². The first kappa shape index (κ1) is 53.7. The van der Waals surface area contributed by atoms with E-state index in [0.29, 0.717) is 79.4 Å². The molecule has 5 N–H and O–H groups in total. The molecule has 2 unspecified atom stereocenters. The van der Waals surface area contributed by atoms with Crippen LogP contribution < -0.4 is 10.1 Å². The van der Waals surface area contributed by atoms with E-state index in [2.05, 4.69) is 61.7 Å². The quantitative estimate of drug-likeness (QED) is 0.0747. The van der Waals surface area contributed by atoms with Crippen LogP contribution in [-0.2, 0) is 14.4 Å². The van der Waals surface area contributed by atoms with Crippen molar-refractivity contribution >= 4 is 92.2 Å². The zero-order chi connectivity index (χ0) is 52.8. The Morgan fingerprint density at radius 2 is 1.20 bits per heavy atom. The predicted octanol–water partition coefficient (Wildman–Crippen LogP) is 11.6. The van der Waals surface area contributed by atoms with Gasteiger partial charge in [-0.3, -0.25) is 24.2 Å². The Morgan fingerprint density at radius 3 is 1.76 bits per heavy atom. The molecule has 6 aromatic rings. The summed E-state index contributed by atoms with van der Waals surface area (Å²) in [6, 6.07) is 22.3. The Labute approximate surface area is 450 Å². The first-order valence-corrected chi connectivity index (χ1v) is 27.0. The topological polar surface area (TPSA) is 175 Å². The molecule has 3 amide bonds. The number of hydrogen-bond acceptors (Lipinski definition) is 7. The molecule has 4 aliphatic rings. The van der Waals surface area contributed by atoms with Crippen LogP contribution in [0.4, 0.5) is 14.9 Å². The minimum atomic E-state index is -0.788. The number of amides is 3. The summed E-state index contributed by atoms with van der Waals surface area (Å²) >= 11 is 17.8. The number of likely N-dealkylation sites (tertiary alicyclic amines) is 4. The molecule has 0 bridgehead atoms. The molecule has 4 saturated heterocycles.